The van der Waals surface area contributed by atoms with Crippen LogP contribution in [0.4, 0.5) is 4.39 Å². The quantitative estimate of drug-likeness (QED) is 0.534. The number of Topliss-reactive ketones (excluding diaryl/α,β-unsaturated/α-hetero) is 1. The maximum atomic E-state index is 13.7. The maximum Gasteiger partial charge on any atom is 0.226 e. The largest absolute Gasteiger partial charge is 0.494 e. The van der Waals surface area contributed by atoms with E-state index in [1.165, 1.54) is 24.5 Å². The van der Waals surface area contributed by atoms with Gasteiger partial charge in [0, 0.05) is 24.6 Å². The molecule has 0 unspecified atom stereocenters. The third-order valence-corrected chi connectivity index (χ3v) is 6.19. The predicted molar refractivity (Wildman–Crippen MR) is 110 cm³/mol. The molecule has 3 heterocycles. The zero-order chi connectivity index (χ0) is 20.4. The lowest BCUT2D eigenvalue weighted by atomic mass is 9.93. The molecule has 0 bridgehead atoms. The third-order valence-electron chi connectivity index (χ3n) is 5.30. The number of ether oxygens (including phenoxy) is 1. The van der Waals surface area contributed by atoms with E-state index >= 15 is 0 Å². The molecular weight excluding hydrogens is 391 g/mol. The second-order valence-electron chi connectivity index (χ2n) is 7.29. The molecule has 29 heavy (non-hydrogen) atoms. The first-order chi connectivity index (χ1) is 14.0. The summed E-state index contributed by atoms with van der Waals surface area (Å²) in [5, 5.41) is 1.94. The van der Waals surface area contributed by atoms with Crippen LogP contribution in [0.5, 0.6) is 5.75 Å². The Kier molecular flexibility index (Phi) is 5.78. The molecule has 1 aliphatic heterocycles. The first kappa shape index (κ1) is 19.8. The fraction of sp³-hybridized carbons (Fsp3) is 0.364. The number of nitrogens with zero attached hydrogens (tertiary/aromatic N) is 2. The molecule has 1 fully saturated rings. The zero-order valence-corrected chi connectivity index (χ0v) is 17.3. The number of halogens is 1. The summed E-state index contributed by atoms with van der Waals surface area (Å²) in [6, 6.07) is 8.38. The van der Waals surface area contributed by atoms with Gasteiger partial charge in [-0.3, -0.25) is 9.69 Å². The average molecular weight is 415 g/mol. The standard InChI is InChI=1S/C22H23FN2O3S/c1-14-18(24-22(28-14)15-7-8-17(23)19(11-15)27-2)13-25-9-3-5-16(12-25)21(26)20-6-4-10-29-20/h4,6-8,10-11,16H,3,5,9,12-13H2,1-2H3/t16-/m0/s1. The van der Waals surface area contributed by atoms with E-state index in [-0.39, 0.29) is 17.5 Å². The van der Waals surface area contributed by atoms with E-state index in [1.807, 2.05) is 24.4 Å². The highest BCUT2D eigenvalue weighted by Crippen LogP contribution is 2.29. The van der Waals surface area contributed by atoms with E-state index < -0.39 is 5.82 Å². The summed E-state index contributed by atoms with van der Waals surface area (Å²) in [5.41, 5.74) is 1.51. The Balaban J connectivity index is 1.48. The van der Waals surface area contributed by atoms with Crippen LogP contribution in [-0.2, 0) is 6.54 Å². The predicted octanol–water partition coefficient (Wildman–Crippen LogP) is 4.95. The minimum absolute atomic E-state index is 0.0236. The molecule has 5 nitrogen and oxygen atoms in total. The normalized spacial score (nSPS) is 17.4. The van der Waals surface area contributed by atoms with Gasteiger partial charge in [-0.05, 0) is 56.0 Å². The maximum absolute atomic E-state index is 13.7. The lowest BCUT2D eigenvalue weighted by Crippen LogP contribution is -2.38. The molecule has 0 amide bonds. The number of thiophene rings is 1. The zero-order valence-electron chi connectivity index (χ0n) is 16.5. The molecule has 1 saturated heterocycles. The number of carbonyl (C=O) groups excluding carboxylic acids is 1. The molecule has 0 N–H and O–H groups in total. The monoisotopic (exact) mass is 414 g/mol. The number of likely N-dealkylation sites (tertiary alicyclic amines) is 1. The topological polar surface area (TPSA) is 55.6 Å². The number of benzene rings is 1. The summed E-state index contributed by atoms with van der Waals surface area (Å²) in [7, 11) is 1.43. The number of ketones is 1. The molecule has 1 aliphatic rings. The Bertz CT molecular complexity index is 1000. The Morgan fingerprint density at radius 1 is 1.41 bits per heavy atom. The number of methoxy groups -OCH3 is 1. The van der Waals surface area contributed by atoms with Crippen molar-refractivity contribution in [3.63, 3.8) is 0 Å². The van der Waals surface area contributed by atoms with Gasteiger partial charge in [0.2, 0.25) is 5.89 Å². The van der Waals surface area contributed by atoms with Crippen LogP contribution < -0.4 is 4.74 Å². The minimum Gasteiger partial charge on any atom is -0.494 e. The van der Waals surface area contributed by atoms with Crippen molar-refractivity contribution < 1.29 is 18.3 Å². The Labute approximate surface area is 173 Å². The molecular formula is C22H23FN2O3S. The Hall–Kier alpha value is -2.51. The molecule has 1 aromatic carbocycles. The van der Waals surface area contributed by atoms with Crippen LogP contribution in [0, 0.1) is 18.7 Å². The lowest BCUT2D eigenvalue weighted by molar-refractivity contribution is 0.0814. The van der Waals surface area contributed by atoms with Crippen LogP contribution in [0.15, 0.2) is 40.1 Å². The highest BCUT2D eigenvalue weighted by molar-refractivity contribution is 7.12. The van der Waals surface area contributed by atoms with Gasteiger partial charge in [-0.1, -0.05) is 6.07 Å². The van der Waals surface area contributed by atoms with Gasteiger partial charge < -0.3 is 9.15 Å². The van der Waals surface area contributed by atoms with Gasteiger partial charge in [-0.15, -0.1) is 11.3 Å². The van der Waals surface area contributed by atoms with E-state index in [0.29, 0.717) is 18.0 Å². The molecule has 0 aliphatic carbocycles. The fourth-order valence-corrected chi connectivity index (χ4v) is 4.48. The number of oxazole rings is 1. The minimum atomic E-state index is -0.422. The second-order valence-corrected chi connectivity index (χ2v) is 8.23. The Morgan fingerprint density at radius 2 is 2.28 bits per heavy atom. The number of aryl methyl sites for hydroxylation is 1. The second kappa shape index (κ2) is 8.47. The van der Waals surface area contributed by atoms with Crippen LogP contribution in [0.3, 0.4) is 0 Å². The molecule has 2 aromatic heterocycles. The van der Waals surface area contributed by atoms with Crippen LogP contribution in [0.1, 0.15) is 34.0 Å². The van der Waals surface area contributed by atoms with Gasteiger partial charge in [0.15, 0.2) is 17.3 Å². The van der Waals surface area contributed by atoms with Crippen molar-refractivity contribution in [2.45, 2.75) is 26.3 Å². The molecule has 3 aromatic rings. The molecule has 0 spiro atoms. The lowest BCUT2D eigenvalue weighted by Gasteiger charge is -2.31. The number of carbonyl (C=O) groups is 1. The number of piperidine rings is 1. The molecule has 7 heteroatoms. The van der Waals surface area contributed by atoms with Crippen molar-refractivity contribution in [2.24, 2.45) is 5.92 Å². The average Bonchev–Trinajstić information content (AvgIpc) is 3.39. The number of aromatic nitrogens is 1. The van der Waals surface area contributed by atoms with Gasteiger partial charge in [-0.25, -0.2) is 9.37 Å². The van der Waals surface area contributed by atoms with Crippen molar-refractivity contribution in [3.8, 4) is 17.2 Å². The summed E-state index contributed by atoms with van der Waals surface area (Å²) in [6.45, 7) is 4.16. The summed E-state index contributed by atoms with van der Waals surface area (Å²) in [5.74, 6) is 1.17. The highest BCUT2D eigenvalue weighted by Gasteiger charge is 2.28. The molecule has 0 saturated carbocycles. The molecule has 1 atom stereocenters. The van der Waals surface area contributed by atoms with Crippen LogP contribution >= 0.6 is 11.3 Å². The molecule has 4 rings (SSSR count). The van der Waals surface area contributed by atoms with Crippen LogP contribution in [0.2, 0.25) is 0 Å². The van der Waals surface area contributed by atoms with Crippen molar-refractivity contribution in [1.29, 1.82) is 0 Å². The summed E-state index contributed by atoms with van der Waals surface area (Å²) in [4.78, 5) is 20.4. The number of rotatable bonds is 6. The summed E-state index contributed by atoms with van der Waals surface area (Å²) >= 11 is 1.50. The van der Waals surface area contributed by atoms with Crippen molar-refractivity contribution in [3.05, 3.63) is 57.9 Å². The van der Waals surface area contributed by atoms with E-state index in [0.717, 1.165) is 42.3 Å². The van der Waals surface area contributed by atoms with Gasteiger partial charge in [0.25, 0.3) is 0 Å². The summed E-state index contributed by atoms with van der Waals surface area (Å²) in [6.07, 6.45) is 1.91. The molecule has 0 radical (unpaired) electrons. The van der Waals surface area contributed by atoms with Crippen molar-refractivity contribution >= 4 is 17.1 Å². The third kappa shape index (κ3) is 4.26. The van der Waals surface area contributed by atoms with E-state index in [4.69, 9.17) is 9.15 Å². The number of hydrogen-bond donors (Lipinski definition) is 0. The van der Waals surface area contributed by atoms with Gasteiger partial charge in [0.1, 0.15) is 5.76 Å². The SMILES string of the molecule is COc1cc(-c2nc(CN3CCC[C@H](C(=O)c4cccs4)C3)c(C)o2)ccc1F. The molecule has 152 valence electrons. The van der Waals surface area contributed by atoms with E-state index in [9.17, 15) is 9.18 Å². The first-order valence-corrected chi connectivity index (χ1v) is 10.5. The van der Waals surface area contributed by atoms with Gasteiger partial charge >= 0.3 is 0 Å². The van der Waals surface area contributed by atoms with E-state index in [2.05, 4.69) is 9.88 Å². The fourth-order valence-electron chi connectivity index (χ4n) is 3.74. The van der Waals surface area contributed by atoms with Crippen molar-refractivity contribution in [1.82, 2.24) is 9.88 Å². The number of hydrogen-bond acceptors (Lipinski definition) is 6. The van der Waals surface area contributed by atoms with Crippen LogP contribution in [0.25, 0.3) is 11.5 Å². The van der Waals surface area contributed by atoms with Gasteiger partial charge in [-0.2, -0.15) is 0 Å². The van der Waals surface area contributed by atoms with Crippen LogP contribution in [-0.4, -0.2) is 35.9 Å². The smallest absolute Gasteiger partial charge is 0.226 e. The summed E-state index contributed by atoms with van der Waals surface area (Å²) < 4.78 is 24.6. The highest BCUT2D eigenvalue weighted by atomic mass is 32.1. The van der Waals surface area contributed by atoms with E-state index in [1.54, 1.807) is 12.1 Å². The van der Waals surface area contributed by atoms with Crippen molar-refractivity contribution in [2.75, 3.05) is 20.2 Å². The first-order valence-electron chi connectivity index (χ1n) is 9.65. The Morgan fingerprint density at radius 3 is 3.03 bits per heavy atom. The van der Waals surface area contributed by atoms with Gasteiger partial charge in [0.05, 0.1) is 17.7 Å².